The van der Waals surface area contributed by atoms with Crippen molar-refractivity contribution in [2.75, 3.05) is 11.1 Å². The second-order valence-corrected chi connectivity index (χ2v) is 4.79. The quantitative estimate of drug-likeness (QED) is 0.753. The van der Waals surface area contributed by atoms with Crippen molar-refractivity contribution in [2.24, 2.45) is 0 Å². The number of pyridine rings is 1. The Balaban J connectivity index is 1.96. The molecule has 0 atom stereocenters. The largest absolute Gasteiger partial charge is 0.398 e. The Hall–Kier alpha value is -2.89. The van der Waals surface area contributed by atoms with Crippen LogP contribution >= 0.6 is 0 Å². The van der Waals surface area contributed by atoms with Crippen LogP contribution in [0.15, 0.2) is 34.9 Å². The van der Waals surface area contributed by atoms with Crippen molar-refractivity contribution in [1.82, 2.24) is 10.1 Å². The third kappa shape index (κ3) is 2.31. The summed E-state index contributed by atoms with van der Waals surface area (Å²) in [5.41, 5.74) is 8.91. The van der Waals surface area contributed by atoms with Crippen LogP contribution in [-0.2, 0) is 0 Å². The van der Waals surface area contributed by atoms with Crippen molar-refractivity contribution in [2.45, 2.75) is 13.8 Å². The van der Waals surface area contributed by atoms with Crippen molar-refractivity contribution in [3.63, 3.8) is 0 Å². The van der Waals surface area contributed by atoms with Gasteiger partial charge in [-0.3, -0.25) is 10.1 Å². The number of aryl methyl sites for hydroxylation is 1. The predicted octanol–water partition coefficient (Wildman–Crippen LogP) is 2.67. The number of anilines is 2. The van der Waals surface area contributed by atoms with E-state index in [1.54, 1.807) is 13.0 Å². The highest BCUT2D eigenvalue weighted by Gasteiger charge is 2.15. The van der Waals surface area contributed by atoms with Gasteiger partial charge in [-0.05, 0) is 26.0 Å². The molecular weight excluding hydrogens is 268 g/mol. The molecule has 0 radical (unpaired) electrons. The van der Waals surface area contributed by atoms with Crippen LogP contribution in [0.4, 0.5) is 11.6 Å². The number of rotatable bonds is 2. The van der Waals surface area contributed by atoms with E-state index >= 15 is 0 Å². The highest BCUT2D eigenvalue weighted by atomic mass is 16.5. The zero-order chi connectivity index (χ0) is 15.0. The first-order valence-corrected chi connectivity index (χ1v) is 6.46. The molecule has 1 amide bonds. The summed E-state index contributed by atoms with van der Waals surface area (Å²) in [5, 5.41) is 7.27. The molecule has 0 fully saturated rings. The van der Waals surface area contributed by atoms with Gasteiger partial charge in [-0.2, -0.15) is 0 Å². The Morgan fingerprint density at radius 1 is 1.29 bits per heavy atom. The van der Waals surface area contributed by atoms with Gasteiger partial charge in [0.1, 0.15) is 5.69 Å². The average molecular weight is 282 g/mol. The maximum absolute atomic E-state index is 12.3. The van der Waals surface area contributed by atoms with E-state index in [1.165, 1.54) is 0 Å². The zero-order valence-corrected chi connectivity index (χ0v) is 11.7. The Kier molecular flexibility index (Phi) is 3.06. The molecule has 3 N–H and O–H groups in total. The number of hydrogen-bond donors (Lipinski definition) is 2. The molecule has 0 bridgehead atoms. The third-order valence-electron chi connectivity index (χ3n) is 3.37. The molecule has 0 aliphatic carbocycles. The molecule has 2 heterocycles. The highest BCUT2D eigenvalue weighted by molar-refractivity contribution is 6.05. The van der Waals surface area contributed by atoms with Gasteiger partial charge >= 0.3 is 0 Å². The molecule has 0 aliphatic heterocycles. The highest BCUT2D eigenvalue weighted by Crippen LogP contribution is 2.22. The van der Waals surface area contributed by atoms with Crippen LogP contribution in [0, 0.1) is 13.8 Å². The number of amides is 1. The maximum Gasteiger partial charge on any atom is 0.276 e. The molecule has 2 aromatic heterocycles. The van der Waals surface area contributed by atoms with Crippen LogP contribution in [0.25, 0.3) is 10.9 Å². The van der Waals surface area contributed by atoms with E-state index < -0.39 is 0 Å². The molecule has 0 spiro atoms. The summed E-state index contributed by atoms with van der Waals surface area (Å²) in [4.78, 5) is 16.6. The van der Waals surface area contributed by atoms with Crippen LogP contribution in [0.5, 0.6) is 0 Å². The van der Waals surface area contributed by atoms with Gasteiger partial charge in [0.2, 0.25) is 5.88 Å². The molecule has 0 unspecified atom stereocenters. The summed E-state index contributed by atoms with van der Waals surface area (Å²) in [6.45, 7) is 3.63. The lowest BCUT2D eigenvalue weighted by molar-refractivity contribution is 0.101. The van der Waals surface area contributed by atoms with Crippen LogP contribution in [-0.4, -0.2) is 16.0 Å². The number of carbonyl (C=O) groups is 1. The fourth-order valence-electron chi connectivity index (χ4n) is 2.02. The van der Waals surface area contributed by atoms with Crippen molar-refractivity contribution in [3.8, 4) is 0 Å². The molecular formula is C15H14N4O2. The fraction of sp³-hybridized carbons (Fsp3) is 0.133. The van der Waals surface area contributed by atoms with E-state index in [2.05, 4.69) is 15.5 Å². The molecule has 1 aromatic carbocycles. The second kappa shape index (κ2) is 4.90. The van der Waals surface area contributed by atoms with Gasteiger partial charge < -0.3 is 10.3 Å². The van der Waals surface area contributed by atoms with E-state index in [9.17, 15) is 4.79 Å². The normalized spacial score (nSPS) is 10.8. The Morgan fingerprint density at radius 2 is 2.05 bits per heavy atom. The van der Waals surface area contributed by atoms with Crippen LogP contribution in [0.1, 0.15) is 21.7 Å². The average Bonchev–Trinajstić information content (AvgIpc) is 2.79. The van der Waals surface area contributed by atoms with Gasteiger partial charge in [-0.15, -0.1) is 0 Å². The van der Waals surface area contributed by atoms with Gasteiger partial charge in [0.25, 0.3) is 5.91 Å². The smallest absolute Gasteiger partial charge is 0.276 e. The lowest BCUT2D eigenvalue weighted by atomic mass is 10.1. The van der Waals surface area contributed by atoms with Crippen molar-refractivity contribution >= 4 is 28.4 Å². The molecule has 6 nitrogen and oxygen atoms in total. The Bertz CT molecular complexity index is 839. The summed E-state index contributed by atoms with van der Waals surface area (Å²) in [6.07, 6.45) is 0. The standard InChI is InChI=1S/C15H14N4O2/c1-8-9(2)19-21-15(8)18-14(20)13-7-11(16)10-5-3-4-6-12(10)17-13/h3-7H,1-2H3,(H2,16,17)(H,18,20). The maximum atomic E-state index is 12.3. The van der Waals surface area contributed by atoms with E-state index in [0.29, 0.717) is 17.1 Å². The van der Waals surface area contributed by atoms with Crippen molar-refractivity contribution in [1.29, 1.82) is 0 Å². The van der Waals surface area contributed by atoms with Crippen molar-refractivity contribution < 1.29 is 9.32 Å². The number of fused-ring (bicyclic) bond motifs is 1. The number of nitrogen functional groups attached to an aromatic ring is 1. The second-order valence-electron chi connectivity index (χ2n) is 4.79. The topological polar surface area (TPSA) is 94.0 Å². The van der Waals surface area contributed by atoms with Crippen LogP contribution < -0.4 is 11.1 Å². The monoisotopic (exact) mass is 282 g/mol. The first kappa shape index (κ1) is 13.1. The fourth-order valence-corrected chi connectivity index (χ4v) is 2.02. The lowest BCUT2D eigenvalue weighted by Gasteiger charge is -2.06. The van der Waals surface area contributed by atoms with Gasteiger partial charge in [-0.25, -0.2) is 4.98 Å². The minimum absolute atomic E-state index is 0.236. The number of nitrogens with zero attached hydrogens (tertiary/aromatic N) is 2. The van der Waals surface area contributed by atoms with E-state index in [0.717, 1.165) is 16.6 Å². The molecule has 106 valence electrons. The Labute approximate surface area is 121 Å². The summed E-state index contributed by atoms with van der Waals surface area (Å²) in [7, 11) is 0. The zero-order valence-electron chi connectivity index (χ0n) is 11.7. The lowest BCUT2D eigenvalue weighted by Crippen LogP contribution is -2.14. The minimum Gasteiger partial charge on any atom is -0.398 e. The molecule has 0 aliphatic rings. The number of nitrogens with one attached hydrogen (secondary N) is 1. The van der Waals surface area contributed by atoms with Crippen LogP contribution in [0.3, 0.4) is 0 Å². The third-order valence-corrected chi connectivity index (χ3v) is 3.37. The summed E-state index contributed by atoms with van der Waals surface area (Å²) in [5.74, 6) is -0.0577. The Morgan fingerprint density at radius 3 is 2.76 bits per heavy atom. The van der Waals surface area contributed by atoms with E-state index in [4.69, 9.17) is 10.3 Å². The van der Waals surface area contributed by atoms with Gasteiger partial charge in [-0.1, -0.05) is 23.4 Å². The number of nitrogens with two attached hydrogens (primary N) is 1. The van der Waals surface area contributed by atoms with Gasteiger partial charge in [0.05, 0.1) is 11.2 Å². The number of benzene rings is 1. The van der Waals surface area contributed by atoms with Gasteiger partial charge in [0.15, 0.2) is 0 Å². The van der Waals surface area contributed by atoms with Crippen LogP contribution in [0.2, 0.25) is 0 Å². The number of aromatic nitrogens is 2. The molecule has 6 heteroatoms. The molecule has 0 saturated carbocycles. The number of carbonyl (C=O) groups excluding carboxylic acids is 1. The molecule has 21 heavy (non-hydrogen) atoms. The summed E-state index contributed by atoms with van der Waals surface area (Å²) >= 11 is 0. The van der Waals surface area contributed by atoms with E-state index in [1.807, 2.05) is 31.2 Å². The van der Waals surface area contributed by atoms with Gasteiger partial charge in [0, 0.05) is 16.6 Å². The first-order chi connectivity index (χ1) is 10.1. The minimum atomic E-state index is -0.383. The summed E-state index contributed by atoms with van der Waals surface area (Å²) in [6, 6.07) is 8.95. The predicted molar refractivity (Wildman–Crippen MR) is 80.1 cm³/mol. The SMILES string of the molecule is Cc1noc(NC(=O)c2cc(N)c3ccccc3n2)c1C. The molecule has 0 saturated heterocycles. The first-order valence-electron chi connectivity index (χ1n) is 6.46. The summed E-state index contributed by atoms with van der Waals surface area (Å²) < 4.78 is 5.06. The molecule has 3 aromatic rings. The number of hydrogen-bond acceptors (Lipinski definition) is 5. The van der Waals surface area contributed by atoms with E-state index in [-0.39, 0.29) is 11.6 Å². The van der Waals surface area contributed by atoms with Crippen molar-refractivity contribution in [3.05, 3.63) is 47.3 Å². The molecule has 3 rings (SSSR count). The number of para-hydroxylation sites is 1.